The summed E-state index contributed by atoms with van der Waals surface area (Å²) in [5.41, 5.74) is 0. The van der Waals surface area contributed by atoms with E-state index >= 15 is 0 Å². The van der Waals surface area contributed by atoms with Crippen LogP contribution in [-0.2, 0) is 45.8 Å². The van der Waals surface area contributed by atoms with Gasteiger partial charge in [0.15, 0.2) is 6.29 Å². The first-order valence-corrected chi connectivity index (χ1v) is 16.6. The standard InChI is InChI=1S/C14H32O18P4/c1-3-5-9(6-4-2)7-27-14-13(32-36(24,25)26)12(31-35(21,22)23)11(30-34(18,19)20)10(29-14)8-28-33(15,16)17/h9-14H,3-8H2,1-2H3,(H2,15,16,17)(H2,18,19,20)(H2,21,22,23)(H2,24,25,26)/t10-,11+,12+,13-,14-/m1/s1. The number of rotatable bonds is 16. The topological polar surface area (TPSA) is 285 Å². The van der Waals surface area contributed by atoms with Gasteiger partial charge >= 0.3 is 31.3 Å². The summed E-state index contributed by atoms with van der Waals surface area (Å²) in [4.78, 5) is 74.0. The van der Waals surface area contributed by atoms with Gasteiger partial charge in [-0.25, -0.2) is 18.3 Å². The lowest BCUT2D eigenvalue weighted by atomic mass is 9.98. The minimum absolute atomic E-state index is 0.102. The minimum Gasteiger partial charge on any atom is -0.350 e. The second kappa shape index (κ2) is 14.1. The monoisotopic (exact) mass is 612 g/mol. The van der Waals surface area contributed by atoms with E-state index in [2.05, 4.69) is 18.1 Å². The fourth-order valence-corrected chi connectivity index (χ4v) is 5.52. The zero-order valence-electron chi connectivity index (χ0n) is 19.2. The maximum atomic E-state index is 11.6. The van der Waals surface area contributed by atoms with E-state index in [-0.39, 0.29) is 12.5 Å². The maximum absolute atomic E-state index is 11.6. The van der Waals surface area contributed by atoms with Crippen molar-refractivity contribution in [2.45, 2.75) is 70.2 Å². The van der Waals surface area contributed by atoms with Gasteiger partial charge in [-0.2, -0.15) is 0 Å². The molecule has 5 atom stereocenters. The number of hydrogen-bond donors (Lipinski definition) is 8. The second-order valence-corrected chi connectivity index (χ2v) is 12.6. The molecule has 8 N–H and O–H groups in total. The van der Waals surface area contributed by atoms with E-state index in [1.54, 1.807) is 0 Å². The van der Waals surface area contributed by atoms with Gasteiger partial charge in [-0.05, 0) is 18.8 Å². The van der Waals surface area contributed by atoms with E-state index in [1.807, 2.05) is 13.8 Å². The van der Waals surface area contributed by atoms with Crippen molar-refractivity contribution >= 4 is 31.3 Å². The zero-order valence-corrected chi connectivity index (χ0v) is 22.7. The van der Waals surface area contributed by atoms with Crippen LogP contribution < -0.4 is 0 Å². The van der Waals surface area contributed by atoms with Crippen LogP contribution in [0.3, 0.4) is 0 Å². The first-order chi connectivity index (χ1) is 16.2. The van der Waals surface area contributed by atoms with E-state index in [0.29, 0.717) is 12.8 Å². The predicted octanol–water partition coefficient (Wildman–Crippen LogP) is 0.487. The van der Waals surface area contributed by atoms with Crippen molar-refractivity contribution in [3.8, 4) is 0 Å². The molecule has 0 aliphatic carbocycles. The van der Waals surface area contributed by atoms with Gasteiger partial charge in [-0.15, -0.1) is 0 Å². The van der Waals surface area contributed by atoms with Crippen molar-refractivity contribution in [3.05, 3.63) is 0 Å². The summed E-state index contributed by atoms with van der Waals surface area (Å²) in [7, 11) is -21.8. The number of phosphoric ester groups is 4. The molecule has 0 saturated carbocycles. The fourth-order valence-electron chi connectivity index (χ4n) is 3.51. The lowest BCUT2D eigenvalue weighted by molar-refractivity contribution is -0.293. The normalized spacial score (nSPS) is 26.5. The zero-order chi connectivity index (χ0) is 27.9. The molecule has 0 spiro atoms. The van der Waals surface area contributed by atoms with Crippen molar-refractivity contribution in [3.63, 3.8) is 0 Å². The number of phosphoric acid groups is 4. The molecular weight excluding hydrogens is 580 g/mol. The highest BCUT2D eigenvalue weighted by Gasteiger charge is 2.55. The Morgan fingerprint density at radius 3 is 1.56 bits per heavy atom. The highest BCUT2D eigenvalue weighted by atomic mass is 31.2. The number of hydrogen-bond acceptors (Lipinski definition) is 10. The highest BCUT2D eigenvalue weighted by Crippen LogP contribution is 2.51. The van der Waals surface area contributed by atoms with Crippen LogP contribution in [0.5, 0.6) is 0 Å². The molecule has 1 rings (SSSR count). The molecule has 0 aromatic heterocycles. The average molecular weight is 612 g/mol. The van der Waals surface area contributed by atoms with E-state index < -0.39 is 68.6 Å². The van der Waals surface area contributed by atoms with Gasteiger partial charge in [0.2, 0.25) is 0 Å². The molecule has 36 heavy (non-hydrogen) atoms. The Balaban J connectivity index is 3.49. The molecule has 0 aromatic rings. The Morgan fingerprint density at radius 2 is 1.14 bits per heavy atom. The fraction of sp³-hybridized carbons (Fsp3) is 1.00. The molecule has 1 fully saturated rings. The summed E-state index contributed by atoms with van der Waals surface area (Å²) < 4.78 is 74.7. The first kappa shape index (κ1) is 34.4. The third kappa shape index (κ3) is 13.9. The lowest BCUT2D eigenvalue weighted by Crippen LogP contribution is -2.61. The van der Waals surface area contributed by atoms with Crippen LogP contribution in [0.1, 0.15) is 39.5 Å². The molecule has 1 aliphatic heterocycles. The third-order valence-electron chi connectivity index (χ3n) is 4.67. The summed E-state index contributed by atoms with van der Waals surface area (Å²) in [6.07, 6.45) is -8.05. The molecular formula is C14H32O18P4. The molecule has 1 aliphatic rings. The van der Waals surface area contributed by atoms with Gasteiger partial charge in [0.05, 0.1) is 13.2 Å². The average Bonchev–Trinajstić information content (AvgIpc) is 2.65. The molecule has 1 saturated heterocycles. The van der Waals surface area contributed by atoms with Crippen LogP contribution in [0, 0.1) is 5.92 Å². The van der Waals surface area contributed by atoms with Crippen LogP contribution in [0.15, 0.2) is 0 Å². The van der Waals surface area contributed by atoms with Crippen molar-refractivity contribution < 1.29 is 85.0 Å². The minimum atomic E-state index is -5.58. The van der Waals surface area contributed by atoms with Crippen LogP contribution in [-0.4, -0.2) is 83.1 Å². The summed E-state index contributed by atoms with van der Waals surface area (Å²) >= 11 is 0. The first-order valence-electron chi connectivity index (χ1n) is 10.4. The Morgan fingerprint density at radius 1 is 0.694 bits per heavy atom. The van der Waals surface area contributed by atoms with Crippen molar-refractivity contribution in [1.29, 1.82) is 0 Å². The van der Waals surface area contributed by atoms with Gasteiger partial charge in [0.1, 0.15) is 24.4 Å². The second-order valence-electron chi connectivity index (χ2n) is 7.79. The molecule has 1 heterocycles. The Kier molecular flexibility index (Phi) is 13.5. The Labute approximate surface area is 206 Å². The van der Waals surface area contributed by atoms with E-state index in [1.165, 1.54) is 0 Å². The molecule has 0 bridgehead atoms. The predicted molar refractivity (Wildman–Crippen MR) is 117 cm³/mol. The summed E-state index contributed by atoms with van der Waals surface area (Å²) in [5, 5.41) is 0. The van der Waals surface area contributed by atoms with Gasteiger partial charge in [0.25, 0.3) is 0 Å². The Bertz CT molecular complexity index is 854. The van der Waals surface area contributed by atoms with Crippen molar-refractivity contribution in [2.75, 3.05) is 13.2 Å². The van der Waals surface area contributed by atoms with E-state index in [0.717, 1.165) is 12.8 Å². The lowest BCUT2D eigenvalue weighted by Gasteiger charge is -2.45. The Hall–Kier alpha value is 0.360. The smallest absolute Gasteiger partial charge is 0.350 e. The van der Waals surface area contributed by atoms with Gasteiger partial charge in [-0.1, -0.05) is 26.7 Å². The van der Waals surface area contributed by atoms with Crippen LogP contribution >= 0.6 is 31.3 Å². The van der Waals surface area contributed by atoms with E-state index in [4.69, 9.17) is 19.3 Å². The van der Waals surface area contributed by atoms with Gasteiger partial charge < -0.3 is 48.6 Å². The highest BCUT2D eigenvalue weighted by molar-refractivity contribution is 7.47. The third-order valence-corrected chi connectivity index (χ3v) is 6.70. The summed E-state index contributed by atoms with van der Waals surface area (Å²) in [6, 6.07) is 0. The van der Waals surface area contributed by atoms with Crippen LogP contribution in [0.2, 0.25) is 0 Å². The summed E-state index contributed by atoms with van der Waals surface area (Å²) in [6.45, 7) is 2.49. The van der Waals surface area contributed by atoms with Gasteiger partial charge in [0, 0.05) is 0 Å². The molecule has 18 nitrogen and oxygen atoms in total. The van der Waals surface area contributed by atoms with E-state index in [9.17, 15) is 47.6 Å². The molecule has 0 amide bonds. The molecule has 216 valence electrons. The molecule has 0 aromatic carbocycles. The largest absolute Gasteiger partial charge is 0.470 e. The van der Waals surface area contributed by atoms with Crippen molar-refractivity contribution in [1.82, 2.24) is 0 Å². The van der Waals surface area contributed by atoms with Crippen LogP contribution in [0.25, 0.3) is 0 Å². The molecule has 22 heteroatoms. The SMILES string of the molecule is CCCC(CCC)CO[C@@H]1O[C@H](COP(=O)(O)O)[C@H](OP(=O)(O)O)[C@H](OP(=O)(O)O)[C@H]1OP(=O)(O)O. The molecule has 0 unspecified atom stereocenters. The maximum Gasteiger partial charge on any atom is 0.470 e. The van der Waals surface area contributed by atoms with Gasteiger partial charge in [-0.3, -0.25) is 18.1 Å². The quantitative estimate of drug-likeness (QED) is 0.110. The van der Waals surface area contributed by atoms with Crippen LogP contribution in [0.4, 0.5) is 0 Å². The molecule has 0 radical (unpaired) electrons. The van der Waals surface area contributed by atoms with Crippen molar-refractivity contribution in [2.24, 2.45) is 5.92 Å². The summed E-state index contributed by atoms with van der Waals surface area (Å²) in [5.74, 6) is -0.102. The number of ether oxygens (including phenoxy) is 2.